The molecule has 0 saturated carbocycles. The fourth-order valence-electron chi connectivity index (χ4n) is 2.83. The van der Waals surface area contributed by atoms with Crippen LogP contribution in [0.5, 0.6) is 0 Å². The maximum atomic E-state index is 12.4. The third-order valence-corrected chi connectivity index (χ3v) is 4.11. The minimum absolute atomic E-state index is 0.233. The smallest absolute Gasteiger partial charge is 0.227 e. The number of hydrogen-bond donors (Lipinski definition) is 1. The van der Waals surface area contributed by atoms with E-state index in [1.165, 1.54) is 11.1 Å². The lowest BCUT2D eigenvalue weighted by Crippen LogP contribution is -2.35. The molecule has 0 radical (unpaired) electrons. The van der Waals surface area contributed by atoms with Crippen LogP contribution in [0, 0.1) is 0 Å². The molecule has 2 aromatic rings. The number of amides is 1. The van der Waals surface area contributed by atoms with Crippen LogP contribution in [-0.2, 0) is 11.2 Å². The highest BCUT2D eigenvalue weighted by molar-refractivity contribution is 5.79. The highest BCUT2D eigenvalue weighted by Crippen LogP contribution is 2.19. The predicted molar refractivity (Wildman–Crippen MR) is 89.6 cm³/mol. The number of rotatable bonds is 3. The van der Waals surface area contributed by atoms with Crippen molar-refractivity contribution in [3.8, 4) is 11.1 Å². The molecule has 0 bridgehead atoms. The van der Waals surface area contributed by atoms with Crippen LogP contribution in [0.15, 0.2) is 54.6 Å². The van der Waals surface area contributed by atoms with Crippen molar-refractivity contribution in [3.63, 3.8) is 0 Å². The minimum Gasteiger partial charge on any atom is -0.341 e. The molecular weight excluding hydrogens is 272 g/mol. The minimum atomic E-state index is 0.233. The second-order valence-corrected chi connectivity index (χ2v) is 5.72. The molecule has 1 aliphatic heterocycles. The van der Waals surface area contributed by atoms with Crippen molar-refractivity contribution in [2.45, 2.75) is 12.8 Å². The molecule has 1 N–H and O–H groups in total. The summed E-state index contributed by atoms with van der Waals surface area (Å²) in [7, 11) is 0. The predicted octanol–water partition coefficient (Wildman–Crippen LogP) is 2.72. The zero-order valence-corrected chi connectivity index (χ0v) is 12.8. The average Bonchev–Trinajstić information content (AvgIpc) is 2.86. The van der Waals surface area contributed by atoms with Crippen LogP contribution in [0.4, 0.5) is 0 Å². The Kier molecular flexibility index (Phi) is 4.86. The van der Waals surface area contributed by atoms with Crippen LogP contribution < -0.4 is 5.32 Å². The maximum Gasteiger partial charge on any atom is 0.227 e. The molecule has 3 nitrogen and oxygen atoms in total. The number of nitrogens with zero attached hydrogens (tertiary/aromatic N) is 1. The number of nitrogens with one attached hydrogen (secondary N) is 1. The van der Waals surface area contributed by atoms with Crippen LogP contribution in [0.25, 0.3) is 11.1 Å². The lowest BCUT2D eigenvalue weighted by atomic mass is 10.0. The lowest BCUT2D eigenvalue weighted by molar-refractivity contribution is -0.130. The fraction of sp³-hybridized carbons (Fsp3) is 0.316. The van der Waals surface area contributed by atoms with Crippen LogP contribution in [0.2, 0.25) is 0 Å². The van der Waals surface area contributed by atoms with E-state index >= 15 is 0 Å². The number of carbonyl (C=O) groups is 1. The molecule has 1 heterocycles. The lowest BCUT2D eigenvalue weighted by Gasteiger charge is -2.20. The summed E-state index contributed by atoms with van der Waals surface area (Å²) in [4.78, 5) is 14.4. The van der Waals surface area contributed by atoms with Crippen molar-refractivity contribution in [3.05, 3.63) is 60.2 Å². The summed E-state index contributed by atoms with van der Waals surface area (Å²) in [5.41, 5.74) is 3.48. The Morgan fingerprint density at radius 2 is 1.64 bits per heavy atom. The molecule has 2 aromatic carbocycles. The molecule has 0 aromatic heterocycles. The molecule has 3 heteroatoms. The van der Waals surface area contributed by atoms with Crippen molar-refractivity contribution in [2.24, 2.45) is 0 Å². The van der Waals surface area contributed by atoms with Gasteiger partial charge in [-0.1, -0.05) is 54.6 Å². The van der Waals surface area contributed by atoms with Gasteiger partial charge >= 0.3 is 0 Å². The molecule has 0 atom stereocenters. The Bertz CT molecular complexity index is 599. The van der Waals surface area contributed by atoms with Gasteiger partial charge in [-0.3, -0.25) is 4.79 Å². The molecular formula is C19H22N2O. The average molecular weight is 294 g/mol. The van der Waals surface area contributed by atoms with Gasteiger partial charge < -0.3 is 10.2 Å². The molecule has 1 saturated heterocycles. The van der Waals surface area contributed by atoms with E-state index in [2.05, 4.69) is 41.7 Å². The van der Waals surface area contributed by atoms with E-state index in [0.29, 0.717) is 6.42 Å². The monoisotopic (exact) mass is 294 g/mol. The number of benzene rings is 2. The second kappa shape index (κ2) is 7.23. The first-order valence-corrected chi connectivity index (χ1v) is 7.96. The van der Waals surface area contributed by atoms with Gasteiger partial charge in [-0.2, -0.15) is 0 Å². The van der Waals surface area contributed by atoms with Gasteiger partial charge in [-0.15, -0.1) is 0 Å². The zero-order chi connectivity index (χ0) is 15.2. The topological polar surface area (TPSA) is 32.3 Å². The van der Waals surface area contributed by atoms with E-state index < -0.39 is 0 Å². The summed E-state index contributed by atoms with van der Waals surface area (Å²) in [6.45, 7) is 3.60. The van der Waals surface area contributed by atoms with E-state index in [1.54, 1.807) is 0 Å². The second-order valence-electron chi connectivity index (χ2n) is 5.72. The molecule has 1 amide bonds. The molecule has 0 spiro atoms. The Labute approximate surface area is 132 Å². The Morgan fingerprint density at radius 1 is 0.909 bits per heavy atom. The molecule has 1 aliphatic rings. The molecule has 0 unspecified atom stereocenters. The normalized spacial score (nSPS) is 15.4. The molecule has 3 rings (SSSR count). The quantitative estimate of drug-likeness (QED) is 0.944. The van der Waals surface area contributed by atoms with Crippen molar-refractivity contribution in [2.75, 3.05) is 26.2 Å². The SMILES string of the molecule is O=C(Cc1ccc(-c2ccccc2)cc1)N1CCCNCC1. The number of carbonyl (C=O) groups excluding carboxylic acids is 1. The van der Waals surface area contributed by atoms with Crippen molar-refractivity contribution in [1.82, 2.24) is 10.2 Å². The first-order valence-electron chi connectivity index (χ1n) is 7.96. The summed E-state index contributed by atoms with van der Waals surface area (Å²) in [6.07, 6.45) is 1.54. The first kappa shape index (κ1) is 14.8. The largest absolute Gasteiger partial charge is 0.341 e. The Morgan fingerprint density at radius 3 is 2.41 bits per heavy atom. The van der Waals surface area contributed by atoms with Crippen LogP contribution in [0.3, 0.4) is 0 Å². The summed E-state index contributed by atoms with van der Waals surface area (Å²) in [6, 6.07) is 18.6. The summed E-state index contributed by atoms with van der Waals surface area (Å²) >= 11 is 0. The van der Waals surface area contributed by atoms with Gasteiger partial charge in [0, 0.05) is 19.6 Å². The number of hydrogen-bond acceptors (Lipinski definition) is 2. The van der Waals surface area contributed by atoms with E-state index in [0.717, 1.165) is 38.2 Å². The standard InChI is InChI=1S/C19H22N2O/c22-19(21-13-4-11-20-12-14-21)15-16-7-9-18(10-8-16)17-5-2-1-3-6-17/h1-3,5-10,20H,4,11-15H2. The van der Waals surface area contributed by atoms with Crippen LogP contribution in [0.1, 0.15) is 12.0 Å². The van der Waals surface area contributed by atoms with Crippen molar-refractivity contribution in [1.29, 1.82) is 0 Å². The van der Waals surface area contributed by atoms with E-state index in [1.807, 2.05) is 23.1 Å². The van der Waals surface area contributed by atoms with Crippen molar-refractivity contribution < 1.29 is 4.79 Å². The first-order chi connectivity index (χ1) is 10.8. The van der Waals surface area contributed by atoms with Crippen LogP contribution in [-0.4, -0.2) is 37.0 Å². The molecule has 22 heavy (non-hydrogen) atoms. The maximum absolute atomic E-state index is 12.4. The molecule has 1 fully saturated rings. The highest BCUT2D eigenvalue weighted by atomic mass is 16.2. The highest BCUT2D eigenvalue weighted by Gasteiger charge is 2.15. The molecule has 114 valence electrons. The van der Waals surface area contributed by atoms with Gasteiger partial charge in [0.25, 0.3) is 0 Å². The van der Waals surface area contributed by atoms with E-state index in [9.17, 15) is 4.79 Å². The van der Waals surface area contributed by atoms with Crippen molar-refractivity contribution >= 4 is 5.91 Å². The Hall–Kier alpha value is -2.13. The summed E-state index contributed by atoms with van der Waals surface area (Å²) in [5, 5.41) is 3.33. The fourth-order valence-corrected chi connectivity index (χ4v) is 2.83. The third-order valence-electron chi connectivity index (χ3n) is 4.11. The van der Waals surface area contributed by atoms with Gasteiger partial charge in [0.1, 0.15) is 0 Å². The van der Waals surface area contributed by atoms with Gasteiger partial charge in [0.05, 0.1) is 6.42 Å². The zero-order valence-electron chi connectivity index (χ0n) is 12.8. The van der Waals surface area contributed by atoms with E-state index in [4.69, 9.17) is 0 Å². The van der Waals surface area contributed by atoms with Crippen LogP contribution >= 0.6 is 0 Å². The molecule has 0 aliphatic carbocycles. The van der Waals surface area contributed by atoms with Gasteiger partial charge in [-0.25, -0.2) is 0 Å². The van der Waals surface area contributed by atoms with Gasteiger partial charge in [0.15, 0.2) is 0 Å². The third kappa shape index (κ3) is 3.74. The van der Waals surface area contributed by atoms with E-state index in [-0.39, 0.29) is 5.91 Å². The summed E-state index contributed by atoms with van der Waals surface area (Å²) < 4.78 is 0. The van der Waals surface area contributed by atoms with Gasteiger partial charge in [-0.05, 0) is 29.7 Å². The summed E-state index contributed by atoms with van der Waals surface area (Å²) in [5.74, 6) is 0.233. The Balaban J connectivity index is 1.64. The van der Waals surface area contributed by atoms with Gasteiger partial charge in [0.2, 0.25) is 5.91 Å².